The van der Waals surface area contributed by atoms with Crippen molar-refractivity contribution in [2.75, 3.05) is 11.9 Å². The number of amides is 1. The molecule has 3 rings (SSSR count). The lowest BCUT2D eigenvalue weighted by Gasteiger charge is -2.16. The Bertz CT molecular complexity index is 1100. The van der Waals surface area contributed by atoms with E-state index < -0.39 is 17.6 Å². The number of hydrogen-bond acceptors (Lipinski definition) is 3. The molecule has 0 aromatic heterocycles. The van der Waals surface area contributed by atoms with Crippen molar-refractivity contribution in [3.8, 4) is 11.5 Å². The summed E-state index contributed by atoms with van der Waals surface area (Å²) in [4.78, 5) is 12.7. The summed E-state index contributed by atoms with van der Waals surface area (Å²) in [6, 6.07) is 15.2. The molecule has 0 fully saturated rings. The Morgan fingerprint density at radius 2 is 1.72 bits per heavy atom. The summed E-state index contributed by atoms with van der Waals surface area (Å²) in [6.07, 6.45) is -4.61. The third-order valence-electron chi connectivity index (χ3n) is 4.56. The van der Waals surface area contributed by atoms with Crippen LogP contribution in [-0.2, 0) is 12.8 Å². The van der Waals surface area contributed by atoms with Crippen LogP contribution in [0.25, 0.3) is 0 Å². The fourth-order valence-corrected chi connectivity index (χ4v) is 3.24. The van der Waals surface area contributed by atoms with Gasteiger partial charge in [0.05, 0.1) is 22.9 Å². The smallest absolute Gasteiger partial charge is 0.418 e. The van der Waals surface area contributed by atoms with E-state index in [0.29, 0.717) is 0 Å². The summed E-state index contributed by atoms with van der Waals surface area (Å²) < 4.78 is 51.1. The Morgan fingerprint density at radius 3 is 2.38 bits per heavy atom. The molecular formula is C24H21ClF3NO3. The number of carbonyl (C=O) groups is 1. The van der Waals surface area contributed by atoms with Crippen LogP contribution in [0, 0.1) is 6.92 Å². The zero-order chi connectivity index (χ0) is 23.3. The maximum atomic E-state index is 13.2. The average Bonchev–Trinajstić information content (AvgIpc) is 2.74. The predicted octanol–water partition coefficient (Wildman–Crippen LogP) is 6.90. The molecule has 3 aromatic rings. The van der Waals surface area contributed by atoms with Gasteiger partial charge in [0.15, 0.2) is 11.5 Å². The molecule has 0 saturated carbocycles. The standard InChI is InChI=1S/C24H21ClF3NO3/c1-3-31-21-13-17(23(30)29-20-7-5-4-6-18(20)24(26,27)28)12-19(25)22(21)32-14-16-10-8-15(2)9-11-16/h4-13H,3,14H2,1-2H3,(H,29,30). The molecular weight excluding hydrogens is 443 g/mol. The second kappa shape index (κ2) is 9.96. The minimum absolute atomic E-state index is 0.0399. The van der Waals surface area contributed by atoms with Crippen LogP contribution in [0.4, 0.5) is 18.9 Å². The number of para-hydroxylation sites is 1. The molecule has 1 amide bonds. The molecule has 8 heteroatoms. The maximum Gasteiger partial charge on any atom is 0.418 e. The number of halogens is 4. The highest BCUT2D eigenvalue weighted by atomic mass is 35.5. The number of nitrogens with one attached hydrogen (secondary N) is 1. The second-order valence-corrected chi connectivity index (χ2v) is 7.40. The van der Waals surface area contributed by atoms with Gasteiger partial charge in [-0.25, -0.2) is 0 Å². The third kappa shape index (κ3) is 5.73. The van der Waals surface area contributed by atoms with Gasteiger partial charge in [0.2, 0.25) is 0 Å². The Morgan fingerprint density at radius 1 is 1.03 bits per heavy atom. The normalized spacial score (nSPS) is 11.2. The Balaban J connectivity index is 1.85. The minimum atomic E-state index is -4.61. The highest BCUT2D eigenvalue weighted by Gasteiger charge is 2.33. The summed E-state index contributed by atoms with van der Waals surface area (Å²) in [5.74, 6) is -0.280. The highest BCUT2D eigenvalue weighted by Crippen LogP contribution is 2.38. The van der Waals surface area contributed by atoms with Crippen LogP contribution in [0.15, 0.2) is 60.7 Å². The molecule has 0 aliphatic rings. The Labute approximate surface area is 188 Å². The van der Waals surface area contributed by atoms with E-state index in [9.17, 15) is 18.0 Å². The highest BCUT2D eigenvalue weighted by molar-refractivity contribution is 6.32. The first-order valence-electron chi connectivity index (χ1n) is 9.81. The Hall–Kier alpha value is -3.19. The van der Waals surface area contributed by atoms with Gasteiger partial charge in [-0.3, -0.25) is 4.79 Å². The fraction of sp³-hybridized carbons (Fsp3) is 0.208. The van der Waals surface area contributed by atoms with Crippen molar-refractivity contribution in [2.45, 2.75) is 26.6 Å². The largest absolute Gasteiger partial charge is 0.490 e. The van der Waals surface area contributed by atoms with E-state index in [2.05, 4.69) is 5.32 Å². The van der Waals surface area contributed by atoms with Gasteiger partial charge in [0.25, 0.3) is 5.91 Å². The van der Waals surface area contributed by atoms with Crippen molar-refractivity contribution in [1.82, 2.24) is 0 Å². The monoisotopic (exact) mass is 463 g/mol. The zero-order valence-electron chi connectivity index (χ0n) is 17.4. The first-order valence-corrected chi connectivity index (χ1v) is 10.2. The van der Waals surface area contributed by atoms with Crippen molar-refractivity contribution >= 4 is 23.2 Å². The fourth-order valence-electron chi connectivity index (χ4n) is 2.98. The number of alkyl halides is 3. The average molecular weight is 464 g/mol. The number of carbonyl (C=O) groups excluding carboxylic acids is 1. The molecule has 32 heavy (non-hydrogen) atoms. The topological polar surface area (TPSA) is 47.6 Å². The van der Waals surface area contributed by atoms with Gasteiger partial charge in [0.1, 0.15) is 6.61 Å². The van der Waals surface area contributed by atoms with Gasteiger partial charge in [-0.1, -0.05) is 53.6 Å². The molecule has 0 atom stereocenters. The lowest BCUT2D eigenvalue weighted by Crippen LogP contribution is -2.17. The summed E-state index contributed by atoms with van der Waals surface area (Å²) in [5, 5.41) is 2.41. The first kappa shape index (κ1) is 23.5. The lowest BCUT2D eigenvalue weighted by molar-refractivity contribution is -0.136. The number of benzene rings is 3. The summed E-state index contributed by atoms with van der Waals surface area (Å²) in [6.45, 7) is 4.24. The molecule has 3 aromatic carbocycles. The molecule has 168 valence electrons. The van der Waals surface area contributed by atoms with Gasteiger partial charge in [0, 0.05) is 5.56 Å². The van der Waals surface area contributed by atoms with Crippen molar-refractivity contribution < 1.29 is 27.4 Å². The SMILES string of the molecule is CCOc1cc(C(=O)Nc2ccccc2C(F)(F)F)cc(Cl)c1OCc1ccc(C)cc1. The zero-order valence-corrected chi connectivity index (χ0v) is 18.2. The number of hydrogen-bond donors (Lipinski definition) is 1. The molecule has 0 heterocycles. The van der Waals surface area contributed by atoms with Crippen molar-refractivity contribution in [3.05, 3.63) is 87.9 Å². The molecule has 0 aliphatic carbocycles. The minimum Gasteiger partial charge on any atom is -0.490 e. The molecule has 0 saturated heterocycles. The van der Waals surface area contributed by atoms with Crippen LogP contribution in [0.5, 0.6) is 11.5 Å². The quantitative estimate of drug-likeness (QED) is 0.414. The Kier molecular flexibility index (Phi) is 7.30. The number of anilines is 1. The lowest BCUT2D eigenvalue weighted by atomic mass is 10.1. The van der Waals surface area contributed by atoms with E-state index in [1.54, 1.807) is 6.92 Å². The van der Waals surface area contributed by atoms with E-state index in [4.69, 9.17) is 21.1 Å². The summed E-state index contributed by atoms with van der Waals surface area (Å²) in [5.41, 5.74) is 0.781. The third-order valence-corrected chi connectivity index (χ3v) is 4.84. The van der Waals surface area contributed by atoms with Crippen LogP contribution in [0.1, 0.15) is 34.0 Å². The van der Waals surface area contributed by atoms with Gasteiger partial charge in [-0.2, -0.15) is 13.2 Å². The maximum absolute atomic E-state index is 13.2. The molecule has 0 unspecified atom stereocenters. The van der Waals surface area contributed by atoms with Crippen molar-refractivity contribution in [3.63, 3.8) is 0 Å². The van der Waals surface area contributed by atoms with Crippen molar-refractivity contribution in [2.24, 2.45) is 0 Å². The number of ether oxygens (including phenoxy) is 2. The van der Waals surface area contributed by atoms with Crippen LogP contribution >= 0.6 is 11.6 Å². The number of aryl methyl sites for hydroxylation is 1. The molecule has 4 nitrogen and oxygen atoms in total. The van der Waals surface area contributed by atoms with Gasteiger partial charge in [-0.15, -0.1) is 0 Å². The molecule has 0 bridgehead atoms. The van der Waals surface area contributed by atoms with Crippen LogP contribution < -0.4 is 14.8 Å². The number of rotatable bonds is 7. The second-order valence-electron chi connectivity index (χ2n) is 6.99. The van der Waals surface area contributed by atoms with E-state index in [-0.39, 0.29) is 41.0 Å². The van der Waals surface area contributed by atoms with Crippen molar-refractivity contribution in [1.29, 1.82) is 0 Å². The van der Waals surface area contributed by atoms with E-state index in [1.165, 1.54) is 30.3 Å². The van der Waals surface area contributed by atoms with Crippen LogP contribution in [-0.4, -0.2) is 12.5 Å². The first-order chi connectivity index (χ1) is 15.2. The van der Waals surface area contributed by atoms with E-state index in [0.717, 1.165) is 17.2 Å². The van der Waals surface area contributed by atoms with Gasteiger partial charge < -0.3 is 14.8 Å². The molecule has 0 aliphatic heterocycles. The van der Waals surface area contributed by atoms with Crippen LogP contribution in [0.3, 0.4) is 0 Å². The summed E-state index contributed by atoms with van der Waals surface area (Å²) >= 11 is 6.35. The van der Waals surface area contributed by atoms with E-state index >= 15 is 0 Å². The summed E-state index contributed by atoms with van der Waals surface area (Å²) in [7, 11) is 0. The van der Waals surface area contributed by atoms with E-state index in [1.807, 2.05) is 31.2 Å². The van der Waals surface area contributed by atoms with Gasteiger partial charge >= 0.3 is 6.18 Å². The van der Waals surface area contributed by atoms with Crippen LogP contribution in [0.2, 0.25) is 5.02 Å². The molecule has 0 radical (unpaired) electrons. The molecule has 1 N–H and O–H groups in total. The predicted molar refractivity (Wildman–Crippen MR) is 118 cm³/mol. The molecule has 0 spiro atoms. The van der Waals surface area contributed by atoms with Gasteiger partial charge in [-0.05, 0) is 43.7 Å².